The van der Waals surface area contributed by atoms with Crippen molar-refractivity contribution < 1.29 is 9.53 Å². The van der Waals surface area contributed by atoms with Crippen LogP contribution in [0.4, 0.5) is 0 Å². The van der Waals surface area contributed by atoms with E-state index in [1.165, 1.54) is 25.6 Å². The molecular weight excluding hydrogens is 304 g/mol. The van der Waals surface area contributed by atoms with Crippen LogP contribution in [0.2, 0.25) is 0 Å². The van der Waals surface area contributed by atoms with Gasteiger partial charge in [0.05, 0.1) is 12.8 Å². The number of carbonyl (C=O) groups is 1. The molecule has 2 aromatic heterocycles. The third-order valence-corrected chi connectivity index (χ3v) is 4.80. The molecular formula is C18H26N4O2. The van der Waals surface area contributed by atoms with Gasteiger partial charge in [0.15, 0.2) is 0 Å². The molecule has 130 valence electrons. The van der Waals surface area contributed by atoms with E-state index in [0.717, 1.165) is 37.4 Å². The van der Waals surface area contributed by atoms with Crippen molar-refractivity contribution in [2.24, 2.45) is 5.92 Å². The van der Waals surface area contributed by atoms with Gasteiger partial charge >= 0.3 is 5.97 Å². The standard InChI is InChI=1S/C18H26N4O2/c1-13-8-14(2)22(20-13)12-15-4-6-21(7-5-15)11-16-9-17(19-10-16)18(23)24-3/h8-10,15,19H,4-7,11-12H2,1-3H3. The Hall–Kier alpha value is -2.08. The van der Waals surface area contributed by atoms with Gasteiger partial charge < -0.3 is 9.72 Å². The Kier molecular flexibility index (Phi) is 5.04. The second-order valence-corrected chi connectivity index (χ2v) is 6.74. The Morgan fingerprint density at radius 1 is 1.33 bits per heavy atom. The lowest BCUT2D eigenvalue weighted by Gasteiger charge is -2.31. The number of piperidine rings is 1. The minimum Gasteiger partial charge on any atom is -0.464 e. The molecule has 1 aliphatic heterocycles. The Bertz CT molecular complexity index is 696. The largest absolute Gasteiger partial charge is 0.464 e. The first-order chi connectivity index (χ1) is 11.5. The van der Waals surface area contributed by atoms with Crippen molar-refractivity contribution >= 4 is 5.97 Å². The summed E-state index contributed by atoms with van der Waals surface area (Å²) in [5.41, 5.74) is 4.00. The van der Waals surface area contributed by atoms with E-state index in [0.29, 0.717) is 11.6 Å². The highest BCUT2D eigenvalue weighted by molar-refractivity contribution is 5.87. The van der Waals surface area contributed by atoms with Crippen molar-refractivity contribution in [1.82, 2.24) is 19.7 Å². The number of likely N-dealkylation sites (tertiary alicyclic amines) is 1. The predicted octanol–water partition coefficient (Wildman–Crippen LogP) is 2.53. The summed E-state index contributed by atoms with van der Waals surface area (Å²) in [5, 5.41) is 4.57. The van der Waals surface area contributed by atoms with Gasteiger partial charge in [-0.15, -0.1) is 0 Å². The normalized spacial score (nSPS) is 16.5. The van der Waals surface area contributed by atoms with Crippen LogP contribution >= 0.6 is 0 Å². The number of aryl methyl sites for hydroxylation is 2. The molecule has 1 aliphatic rings. The molecule has 2 aromatic rings. The van der Waals surface area contributed by atoms with E-state index >= 15 is 0 Å². The maximum absolute atomic E-state index is 11.5. The Labute approximate surface area is 142 Å². The molecule has 0 atom stereocenters. The first-order valence-electron chi connectivity index (χ1n) is 8.54. The number of nitrogens with one attached hydrogen (secondary N) is 1. The van der Waals surface area contributed by atoms with Gasteiger partial charge in [0.1, 0.15) is 5.69 Å². The highest BCUT2D eigenvalue weighted by Gasteiger charge is 2.21. The summed E-state index contributed by atoms with van der Waals surface area (Å²) in [6, 6.07) is 4.02. The Morgan fingerprint density at radius 3 is 2.71 bits per heavy atom. The quantitative estimate of drug-likeness (QED) is 0.856. The fourth-order valence-electron chi connectivity index (χ4n) is 3.45. The Morgan fingerprint density at radius 2 is 2.08 bits per heavy atom. The maximum atomic E-state index is 11.5. The zero-order chi connectivity index (χ0) is 17.1. The number of H-pyrrole nitrogens is 1. The van der Waals surface area contributed by atoms with Crippen LogP contribution < -0.4 is 0 Å². The number of aromatic amines is 1. The number of nitrogens with zero attached hydrogens (tertiary/aromatic N) is 3. The fraction of sp³-hybridized carbons (Fsp3) is 0.556. The summed E-state index contributed by atoms with van der Waals surface area (Å²) in [7, 11) is 1.40. The summed E-state index contributed by atoms with van der Waals surface area (Å²) in [6.07, 6.45) is 4.27. The lowest BCUT2D eigenvalue weighted by Crippen LogP contribution is -2.34. The van der Waals surface area contributed by atoms with Crippen molar-refractivity contribution in [3.63, 3.8) is 0 Å². The Balaban J connectivity index is 1.49. The molecule has 0 unspecified atom stereocenters. The highest BCUT2D eigenvalue weighted by Crippen LogP contribution is 2.21. The van der Waals surface area contributed by atoms with E-state index in [2.05, 4.69) is 32.7 Å². The molecule has 0 spiro atoms. The van der Waals surface area contributed by atoms with Crippen LogP contribution in [-0.2, 0) is 17.8 Å². The van der Waals surface area contributed by atoms with Crippen LogP contribution in [-0.4, -0.2) is 45.8 Å². The zero-order valence-corrected chi connectivity index (χ0v) is 14.7. The topological polar surface area (TPSA) is 63.1 Å². The smallest absolute Gasteiger partial charge is 0.354 e. The van der Waals surface area contributed by atoms with E-state index in [9.17, 15) is 4.79 Å². The lowest BCUT2D eigenvalue weighted by molar-refractivity contribution is 0.0594. The molecule has 0 radical (unpaired) electrons. The van der Waals surface area contributed by atoms with Crippen LogP contribution in [0.25, 0.3) is 0 Å². The number of ether oxygens (including phenoxy) is 1. The maximum Gasteiger partial charge on any atom is 0.354 e. The molecule has 6 heteroatoms. The van der Waals surface area contributed by atoms with E-state index in [4.69, 9.17) is 4.74 Å². The van der Waals surface area contributed by atoms with Crippen molar-refractivity contribution in [2.45, 2.75) is 39.8 Å². The van der Waals surface area contributed by atoms with Crippen molar-refractivity contribution in [3.05, 3.63) is 41.0 Å². The van der Waals surface area contributed by atoms with E-state index in [-0.39, 0.29) is 5.97 Å². The highest BCUT2D eigenvalue weighted by atomic mass is 16.5. The molecule has 3 heterocycles. The third kappa shape index (κ3) is 3.87. The summed E-state index contributed by atoms with van der Waals surface area (Å²) >= 11 is 0. The predicted molar refractivity (Wildman–Crippen MR) is 91.8 cm³/mol. The second-order valence-electron chi connectivity index (χ2n) is 6.74. The number of carbonyl (C=O) groups excluding carboxylic acids is 1. The van der Waals surface area contributed by atoms with Crippen molar-refractivity contribution in [1.29, 1.82) is 0 Å². The van der Waals surface area contributed by atoms with Gasteiger partial charge in [0.2, 0.25) is 0 Å². The molecule has 24 heavy (non-hydrogen) atoms. The van der Waals surface area contributed by atoms with Crippen LogP contribution in [0, 0.1) is 19.8 Å². The number of esters is 1. The summed E-state index contributed by atoms with van der Waals surface area (Å²) < 4.78 is 6.87. The number of rotatable bonds is 5. The molecule has 1 fully saturated rings. The number of methoxy groups -OCH3 is 1. The minimum atomic E-state index is -0.315. The average Bonchev–Trinajstić information content (AvgIpc) is 3.15. The van der Waals surface area contributed by atoms with Gasteiger partial charge in [-0.3, -0.25) is 9.58 Å². The summed E-state index contributed by atoms with van der Waals surface area (Å²) in [6.45, 7) is 8.24. The monoisotopic (exact) mass is 330 g/mol. The molecule has 0 saturated carbocycles. The first-order valence-corrected chi connectivity index (χ1v) is 8.54. The molecule has 1 saturated heterocycles. The number of aromatic nitrogens is 3. The van der Waals surface area contributed by atoms with Gasteiger partial charge in [-0.05, 0) is 63.4 Å². The molecule has 3 rings (SSSR count). The van der Waals surface area contributed by atoms with Crippen LogP contribution in [0.15, 0.2) is 18.3 Å². The minimum absolute atomic E-state index is 0.315. The average molecular weight is 330 g/mol. The van der Waals surface area contributed by atoms with Crippen molar-refractivity contribution in [2.75, 3.05) is 20.2 Å². The molecule has 6 nitrogen and oxygen atoms in total. The fourth-order valence-corrected chi connectivity index (χ4v) is 3.45. The van der Waals surface area contributed by atoms with Crippen LogP contribution in [0.5, 0.6) is 0 Å². The van der Waals surface area contributed by atoms with Crippen LogP contribution in [0.1, 0.15) is 40.3 Å². The van der Waals surface area contributed by atoms with E-state index in [1.54, 1.807) is 0 Å². The molecule has 0 bridgehead atoms. The van der Waals surface area contributed by atoms with Gasteiger partial charge in [0, 0.05) is 25.0 Å². The van der Waals surface area contributed by atoms with Gasteiger partial charge in [-0.25, -0.2) is 4.79 Å². The summed E-state index contributed by atoms with van der Waals surface area (Å²) in [5.74, 6) is 0.376. The van der Waals surface area contributed by atoms with Gasteiger partial charge in [-0.2, -0.15) is 5.10 Å². The van der Waals surface area contributed by atoms with E-state index < -0.39 is 0 Å². The number of hydrogen-bond acceptors (Lipinski definition) is 4. The lowest BCUT2D eigenvalue weighted by atomic mass is 9.96. The SMILES string of the molecule is COC(=O)c1cc(CN2CCC(Cn3nc(C)cc3C)CC2)c[nH]1. The third-order valence-electron chi connectivity index (χ3n) is 4.80. The first kappa shape index (κ1) is 16.8. The molecule has 1 N–H and O–H groups in total. The van der Waals surface area contributed by atoms with Crippen molar-refractivity contribution in [3.8, 4) is 0 Å². The van der Waals surface area contributed by atoms with Gasteiger partial charge in [-0.1, -0.05) is 0 Å². The summed E-state index contributed by atoms with van der Waals surface area (Å²) in [4.78, 5) is 16.9. The second kappa shape index (κ2) is 7.21. The molecule has 0 aliphatic carbocycles. The molecule has 0 amide bonds. The zero-order valence-electron chi connectivity index (χ0n) is 14.7. The van der Waals surface area contributed by atoms with Gasteiger partial charge in [0.25, 0.3) is 0 Å². The molecule has 0 aromatic carbocycles. The van der Waals surface area contributed by atoms with Crippen LogP contribution in [0.3, 0.4) is 0 Å². The van der Waals surface area contributed by atoms with E-state index in [1.807, 2.05) is 19.2 Å². The number of hydrogen-bond donors (Lipinski definition) is 1.